The van der Waals surface area contributed by atoms with Gasteiger partial charge >= 0.3 is 13.3 Å². The number of halogens is 7. The molecule has 0 bridgehead atoms. The van der Waals surface area contributed by atoms with E-state index >= 15 is 0 Å². The Morgan fingerprint density at radius 3 is 2.12 bits per heavy atom. The molecule has 0 aliphatic rings. The van der Waals surface area contributed by atoms with E-state index in [0.29, 0.717) is 12.1 Å². The third-order valence-electron chi connectivity index (χ3n) is 1.55. The normalized spacial score (nSPS) is 12.7. The first-order valence-corrected chi connectivity index (χ1v) is 4.22. The van der Waals surface area contributed by atoms with Gasteiger partial charge in [0, 0.05) is 5.02 Å². The molecule has 0 unspecified atom stereocenters. The van der Waals surface area contributed by atoms with E-state index in [-0.39, 0.29) is 5.02 Å². The lowest BCUT2D eigenvalue weighted by Crippen LogP contribution is -2.37. The molecule has 0 saturated heterocycles. The van der Waals surface area contributed by atoms with Gasteiger partial charge in [0.15, 0.2) is 0 Å². The lowest BCUT2D eigenvalue weighted by molar-refractivity contribution is -0.274. The Hall–Kier alpha value is -1.05. The first-order chi connectivity index (χ1) is 7.09. The van der Waals surface area contributed by atoms with Gasteiger partial charge in [-0.25, -0.2) is 0 Å². The van der Waals surface area contributed by atoms with Crippen LogP contribution in [0.15, 0.2) is 18.2 Å². The van der Waals surface area contributed by atoms with Crippen LogP contribution in [-0.2, 0) is 0 Å². The van der Waals surface area contributed by atoms with Crippen molar-refractivity contribution in [3.63, 3.8) is 0 Å². The van der Waals surface area contributed by atoms with Crippen LogP contribution < -0.4 is 10.2 Å². The molecule has 16 heavy (non-hydrogen) atoms. The largest absolute Gasteiger partial charge is 0.572 e. The molecule has 90 valence electrons. The van der Waals surface area contributed by atoms with E-state index in [2.05, 4.69) is 4.74 Å². The van der Waals surface area contributed by atoms with Gasteiger partial charge in [0.2, 0.25) is 0 Å². The molecule has 0 aliphatic carbocycles. The molecule has 1 aromatic carbocycles. The summed E-state index contributed by atoms with van der Waals surface area (Å²) in [5, 5.41) is -0.316. The van der Waals surface area contributed by atoms with Gasteiger partial charge in [0.05, 0.1) is 0 Å². The van der Waals surface area contributed by atoms with Crippen molar-refractivity contribution in [1.82, 2.24) is 0 Å². The Balaban J connectivity index is 3.19. The molecule has 0 saturated carbocycles. The summed E-state index contributed by atoms with van der Waals surface area (Å²) in [4.78, 5) is 0. The standard InChI is InChI=1S/C7H3BClF6O/c9-4-1-2-6(16-7(10,11)12)5(3-4)8(13,14)15/h1-3H/q-1. The predicted octanol–water partition coefficient (Wildman–Crippen LogP) is 3.29. The molecule has 0 fully saturated rings. The van der Waals surface area contributed by atoms with Gasteiger partial charge in [0.25, 0.3) is 0 Å². The number of rotatable bonds is 2. The van der Waals surface area contributed by atoms with Gasteiger partial charge in [-0.05, 0) is 12.1 Å². The SMILES string of the molecule is F[B-](F)(F)c1cc(Cl)ccc1OC(F)(F)F. The van der Waals surface area contributed by atoms with Crippen molar-refractivity contribution < 1.29 is 30.9 Å². The number of benzene rings is 1. The maximum atomic E-state index is 12.4. The van der Waals surface area contributed by atoms with Crippen LogP contribution in [0.4, 0.5) is 26.1 Å². The third-order valence-corrected chi connectivity index (χ3v) is 1.79. The zero-order chi connectivity index (χ0) is 12.6. The maximum absolute atomic E-state index is 12.4. The van der Waals surface area contributed by atoms with Gasteiger partial charge in [-0.2, -0.15) is 0 Å². The van der Waals surface area contributed by atoms with E-state index < -0.39 is 24.6 Å². The summed E-state index contributed by atoms with van der Waals surface area (Å²) < 4.78 is 75.7. The van der Waals surface area contributed by atoms with E-state index in [9.17, 15) is 26.1 Å². The van der Waals surface area contributed by atoms with Crippen molar-refractivity contribution >= 4 is 24.0 Å². The van der Waals surface area contributed by atoms with Crippen molar-refractivity contribution in [2.45, 2.75) is 6.36 Å². The summed E-state index contributed by atoms with van der Waals surface area (Å²) in [5.41, 5.74) is -1.51. The minimum atomic E-state index is -5.62. The average Bonchev–Trinajstić information content (AvgIpc) is 2.04. The Bertz CT molecular complexity index is 387. The van der Waals surface area contributed by atoms with Crippen molar-refractivity contribution in [2.75, 3.05) is 0 Å². The molecular formula is C7H3BClF6O-. The quantitative estimate of drug-likeness (QED) is 0.587. The highest BCUT2D eigenvalue weighted by Gasteiger charge is 2.36. The Kier molecular flexibility index (Phi) is 3.32. The molecule has 0 aromatic heterocycles. The molecule has 1 nitrogen and oxygen atoms in total. The van der Waals surface area contributed by atoms with Gasteiger partial charge < -0.3 is 17.7 Å². The number of hydrogen-bond acceptors (Lipinski definition) is 1. The van der Waals surface area contributed by atoms with E-state index in [1.54, 1.807) is 0 Å². The molecule has 0 atom stereocenters. The lowest BCUT2D eigenvalue weighted by Gasteiger charge is -2.20. The maximum Gasteiger partial charge on any atom is 0.572 e. The van der Waals surface area contributed by atoms with Gasteiger partial charge in [-0.3, -0.25) is 0 Å². The van der Waals surface area contributed by atoms with Crippen molar-refractivity contribution in [1.29, 1.82) is 0 Å². The third kappa shape index (κ3) is 3.51. The Morgan fingerprint density at radius 2 is 1.69 bits per heavy atom. The Labute approximate surface area is 91.0 Å². The molecule has 1 aromatic rings. The molecule has 0 spiro atoms. The van der Waals surface area contributed by atoms with E-state index in [1.165, 1.54) is 0 Å². The van der Waals surface area contributed by atoms with Crippen LogP contribution in [0.2, 0.25) is 5.02 Å². The fourth-order valence-electron chi connectivity index (χ4n) is 0.993. The van der Waals surface area contributed by atoms with Crippen molar-refractivity contribution in [3.8, 4) is 5.75 Å². The van der Waals surface area contributed by atoms with Crippen LogP contribution in [-0.4, -0.2) is 13.3 Å². The summed E-state index contributed by atoms with van der Waals surface area (Å²) in [6, 6.07) is 1.80. The molecule has 0 radical (unpaired) electrons. The molecular weight excluding hydrogens is 260 g/mol. The highest BCUT2D eigenvalue weighted by atomic mass is 35.5. The van der Waals surface area contributed by atoms with Crippen LogP contribution in [0, 0.1) is 0 Å². The molecule has 1 rings (SSSR count). The second-order valence-electron chi connectivity index (χ2n) is 2.80. The smallest absolute Gasteiger partial charge is 0.445 e. The van der Waals surface area contributed by atoms with Gasteiger partial charge in [-0.1, -0.05) is 23.1 Å². The first kappa shape index (κ1) is 13.0. The molecule has 0 aliphatic heterocycles. The fraction of sp³-hybridized carbons (Fsp3) is 0.143. The first-order valence-electron chi connectivity index (χ1n) is 3.85. The molecule has 0 N–H and O–H groups in total. The predicted molar refractivity (Wildman–Crippen MR) is 46.8 cm³/mol. The van der Waals surface area contributed by atoms with E-state index in [0.717, 1.165) is 6.07 Å². The lowest BCUT2D eigenvalue weighted by atomic mass is 9.79. The monoisotopic (exact) mass is 263 g/mol. The molecule has 9 heteroatoms. The summed E-state index contributed by atoms with van der Waals surface area (Å²) in [6.45, 7) is -5.62. The van der Waals surface area contributed by atoms with Gasteiger partial charge in [-0.15, -0.1) is 13.2 Å². The topological polar surface area (TPSA) is 9.23 Å². The highest BCUT2D eigenvalue weighted by Crippen LogP contribution is 2.26. The van der Waals surface area contributed by atoms with Crippen LogP contribution in [0.3, 0.4) is 0 Å². The second-order valence-corrected chi connectivity index (χ2v) is 3.24. The van der Waals surface area contributed by atoms with Crippen LogP contribution in [0.25, 0.3) is 0 Å². The summed E-state index contributed by atoms with van der Waals surface area (Å²) in [7, 11) is 0. The average molecular weight is 263 g/mol. The van der Waals surface area contributed by atoms with Crippen LogP contribution in [0.1, 0.15) is 0 Å². The summed E-state index contributed by atoms with van der Waals surface area (Å²) >= 11 is 5.27. The molecule has 0 heterocycles. The molecule has 0 amide bonds. The van der Waals surface area contributed by atoms with E-state index in [4.69, 9.17) is 11.6 Å². The van der Waals surface area contributed by atoms with Gasteiger partial charge in [0.1, 0.15) is 5.75 Å². The number of alkyl halides is 3. The minimum absolute atomic E-state index is 0.316. The number of ether oxygens (including phenoxy) is 1. The van der Waals surface area contributed by atoms with Crippen molar-refractivity contribution in [2.24, 2.45) is 0 Å². The van der Waals surface area contributed by atoms with Crippen molar-refractivity contribution in [3.05, 3.63) is 23.2 Å². The minimum Gasteiger partial charge on any atom is -0.445 e. The zero-order valence-electron chi connectivity index (χ0n) is 7.36. The highest BCUT2D eigenvalue weighted by molar-refractivity contribution is 6.74. The van der Waals surface area contributed by atoms with Crippen LogP contribution >= 0.6 is 11.6 Å². The fourth-order valence-corrected chi connectivity index (χ4v) is 1.17. The summed E-state index contributed by atoms with van der Waals surface area (Å²) in [6.07, 6.45) is -5.18. The Morgan fingerprint density at radius 1 is 1.12 bits per heavy atom. The summed E-state index contributed by atoms with van der Waals surface area (Å²) in [5.74, 6) is -1.30. The van der Waals surface area contributed by atoms with Crippen LogP contribution in [0.5, 0.6) is 5.75 Å². The second kappa shape index (κ2) is 4.08. The zero-order valence-corrected chi connectivity index (χ0v) is 8.12. The van der Waals surface area contributed by atoms with E-state index in [1.807, 2.05) is 0 Å². The number of hydrogen-bond donors (Lipinski definition) is 0.